The second-order valence-corrected chi connectivity index (χ2v) is 6.77. The van der Waals surface area contributed by atoms with E-state index in [1.54, 1.807) is 11.3 Å². The van der Waals surface area contributed by atoms with E-state index in [4.69, 9.17) is 0 Å². The lowest BCUT2D eigenvalue weighted by atomic mass is 10.1. The third-order valence-electron chi connectivity index (χ3n) is 4.40. The highest BCUT2D eigenvalue weighted by Gasteiger charge is 2.24. The van der Waals surface area contributed by atoms with Gasteiger partial charge in [-0.2, -0.15) is 11.3 Å². The van der Waals surface area contributed by atoms with Crippen molar-refractivity contribution >= 4 is 17.2 Å². The molecule has 1 aliphatic rings. The minimum absolute atomic E-state index is 0.0000397. The van der Waals surface area contributed by atoms with Crippen molar-refractivity contribution in [3.63, 3.8) is 0 Å². The molecule has 1 saturated heterocycles. The zero-order valence-corrected chi connectivity index (χ0v) is 14.3. The van der Waals surface area contributed by atoms with E-state index < -0.39 is 0 Å². The summed E-state index contributed by atoms with van der Waals surface area (Å²) in [6.07, 6.45) is 0. The molecule has 23 heavy (non-hydrogen) atoms. The van der Waals surface area contributed by atoms with Gasteiger partial charge >= 0.3 is 0 Å². The molecule has 5 heteroatoms. The van der Waals surface area contributed by atoms with Gasteiger partial charge < -0.3 is 10.2 Å². The van der Waals surface area contributed by atoms with E-state index >= 15 is 0 Å². The van der Waals surface area contributed by atoms with Gasteiger partial charge in [0.05, 0.1) is 6.04 Å². The second-order valence-electron chi connectivity index (χ2n) is 5.99. The Bertz CT molecular complexity index is 606. The largest absolute Gasteiger partial charge is 0.350 e. The molecule has 0 saturated carbocycles. The zero-order valence-electron chi connectivity index (χ0n) is 13.4. The summed E-state index contributed by atoms with van der Waals surface area (Å²) >= 11 is 1.71. The van der Waals surface area contributed by atoms with Crippen molar-refractivity contribution in [3.8, 4) is 0 Å². The number of carbonyl (C=O) groups excluding carboxylic acids is 1. The number of amides is 1. The van der Waals surface area contributed by atoms with Crippen LogP contribution in [0, 0.1) is 0 Å². The van der Waals surface area contributed by atoms with Crippen molar-refractivity contribution in [2.75, 3.05) is 39.8 Å². The van der Waals surface area contributed by atoms with Crippen LogP contribution in [-0.4, -0.2) is 55.5 Å². The molecule has 0 spiro atoms. The molecule has 0 aliphatic carbocycles. The van der Waals surface area contributed by atoms with Crippen LogP contribution in [0.4, 0.5) is 0 Å². The fraction of sp³-hybridized carbons (Fsp3) is 0.389. The Labute approximate surface area is 141 Å². The average Bonchev–Trinajstić information content (AvgIpc) is 3.11. The summed E-state index contributed by atoms with van der Waals surface area (Å²) in [6.45, 7) is 4.88. The van der Waals surface area contributed by atoms with E-state index in [0.29, 0.717) is 6.54 Å². The van der Waals surface area contributed by atoms with Crippen molar-refractivity contribution in [2.24, 2.45) is 0 Å². The number of hydrogen-bond acceptors (Lipinski definition) is 4. The van der Waals surface area contributed by atoms with Gasteiger partial charge in [0.2, 0.25) is 0 Å². The van der Waals surface area contributed by atoms with Crippen LogP contribution in [-0.2, 0) is 0 Å². The number of nitrogens with one attached hydrogen (secondary N) is 1. The second kappa shape index (κ2) is 7.73. The highest BCUT2D eigenvalue weighted by atomic mass is 32.1. The van der Waals surface area contributed by atoms with Crippen LogP contribution < -0.4 is 5.32 Å². The topological polar surface area (TPSA) is 35.6 Å². The molecule has 1 fully saturated rings. The van der Waals surface area contributed by atoms with Crippen molar-refractivity contribution in [3.05, 3.63) is 58.3 Å². The number of nitrogens with zero attached hydrogens (tertiary/aromatic N) is 2. The van der Waals surface area contributed by atoms with Crippen molar-refractivity contribution in [1.82, 2.24) is 15.1 Å². The zero-order chi connectivity index (χ0) is 16.1. The minimum atomic E-state index is -0.0000397. The van der Waals surface area contributed by atoms with Gasteiger partial charge in [-0.15, -0.1) is 0 Å². The Morgan fingerprint density at radius 1 is 1.17 bits per heavy atom. The van der Waals surface area contributed by atoms with E-state index in [1.165, 1.54) is 5.56 Å². The standard InChI is InChI=1S/C18H23N3OS/c1-20-8-10-21(11-9-20)17(16-7-12-23-14-16)13-19-18(22)15-5-3-2-4-6-15/h2-7,12,14,17H,8-11,13H2,1H3,(H,19,22). The Morgan fingerprint density at radius 3 is 2.57 bits per heavy atom. The third kappa shape index (κ3) is 4.19. The van der Waals surface area contributed by atoms with Crippen LogP contribution in [0.3, 0.4) is 0 Å². The Balaban J connectivity index is 1.66. The Morgan fingerprint density at radius 2 is 1.91 bits per heavy atom. The maximum atomic E-state index is 12.3. The van der Waals surface area contributed by atoms with Gasteiger partial charge in [-0.25, -0.2) is 0 Å². The van der Waals surface area contributed by atoms with Crippen LogP contribution in [0.5, 0.6) is 0 Å². The third-order valence-corrected chi connectivity index (χ3v) is 5.10. The van der Waals surface area contributed by atoms with E-state index in [9.17, 15) is 4.79 Å². The number of piperazine rings is 1. The molecule has 2 heterocycles. The van der Waals surface area contributed by atoms with Crippen molar-refractivity contribution in [1.29, 1.82) is 0 Å². The van der Waals surface area contributed by atoms with Gasteiger partial charge in [0.1, 0.15) is 0 Å². The number of rotatable bonds is 5. The predicted octanol–water partition coefficient (Wildman–Crippen LogP) is 2.47. The molecular formula is C18H23N3OS. The quantitative estimate of drug-likeness (QED) is 0.915. The van der Waals surface area contributed by atoms with Crippen LogP contribution in [0.1, 0.15) is 22.0 Å². The molecule has 0 bridgehead atoms. The maximum Gasteiger partial charge on any atom is 0.251 e. The number of benzene rings is 1. The molecule has 1 atom stereocenters. The molecule has 1 N–H and O–H groups in total. The van der Waals surface area contributed by atoms with Gasteiger partial charge in [-0.05, 0) is 41.6 Å². The van der Waals surface area contributed by atoms with Gasteiger partial charge in [-0.1, -0.05) is 18.2 Å². The fourth-order valence-corrected chi connectivity index (χ4v) is 3.64. The number of hydrogen-bond donors (Lipinski definition) is 1. The molecule has 1 aromatic heterocycles. The summed E-state index contributed by atoms with van der Waals surface area (Å²) in [5, 5.41) is 7.41. The van der Waals surface area contributed by atoms with Crippen molar-refractivity contribution in [2.45, 2.75) is 6.04 Å². The molecule has 1 amide bonds. The van der Waals surface area contributed by atoms with Gasteiger partial charge in [0.25, 0.3) is 5.91 Å². The van der Waals surface area contributed by atoms with Gasteiger partial charge in [0, 0.05) is 38.3 Å². The monoisotopic (exact) mass is 329 g/mol. The smallest absolute Gasteiger partial charge is 0.251 e. The normalized spacial score (nSPS) is 17.8. The molecule has 1 unspecified atom stereocenters. The van der Waals surface area contributed by atoms with Gasteiger partial charge in [0.15, 0.2) is 0 Å². The summed E-state index contributed by atoms with van der Waals surface area (Å²) in [4.78, 5) is 17.1. The first-order chi connectivity index (χ1) is 11.2. The number of thiophene rings is 1. The van der Waals surface area contributed by atoms with Crippen LogP contribution >= 0.6 is 11.3 Å². The molecule has 3 rings (SSSR count). The predicted molar refractivity (Wildman–Crippen MR) is 94.9 cm³/mol. The van der Waals surface area contributed by atoms with Crippen LogP contribution in [0.2, 0.25) is 0 Å². The van der Waals surface area contributed by atoms with E-state index in [0.717, 1.165) is 31.7 Å². The SMILES string of the molecule is CN1CCN(C(CNC(=O)c2ccccc2)c2ccsc2)CC1. The van der Waals surface area contributed by atoms with Crippen molar-refractivity contribution < 1.29 is 4.79 Å². The lowest BCUT2D eigenvalue weighted by molar-refractivity contribution is 0.0887. The highest BCUT2D eigenvalue weighted by Crippen LogP contribution is 2.23. The van der Waals surface area contributed by atoms with Crippen LogP contribution in [0.15, 0.2) is 47.2 Å². The maximum absolute atomic E-state index is 12.3. The minimum Gasteiger partial charge on any atom is -0.350 e. The highest BCUT2D eigenvalue weighted by molar-refractivity contribution is 7.07. The molecule has 4 nitrogen and oxygen atoms in total. The fourth-order valence-electron chi connectivity index (χ4n) is 2.94. The summed E-state index contributed by atoms with van der Waals surface area (Å²) < 4.78 is 0. The molecular weight excluding hydrogens is 306 g/mol. The lowest BCUT2D eigenvalue weighted by Crippen LogP contribution is -2.48. The first-order valence-electron chi connectivity index (χ1n) is 8.02. The molecule has 0 radical (unpaired) electrons. The Hall–Kier alpha value is -1.69. The number of likely N-dealkylation sites (N-methyl/N-ethyl adjacent to an activating group) is 1. The lowest BCUT2D eigenvalue weighted by Gasteiger charge is -2.38. The van der Waals surface area contributed by atoms with Crippen LogP contribution in [0.25, 0.3) is 0 Å². The van der Waals surface area contributed by atoms with E-state index in [2.05, 4.69) is 39.0 Å². The first kappa shape index (κ1) is 16.2. The number of carbonyl (C=O) groups is 1. The summed E-state index contributed by atoms with van der Waals surface area (Å²) in [5.41, 5.74) is 2.02. The Kier molecular flexibility index (Phi) is 5.43. The first-order valence-corrected chi connectivity index (χ1v) is 8.96. The summed E-state index contributed by atoms with van der Waals surface area (Å²) in [7, 11) is 2.16. The molecule has 1 aliphatic heterocycles. The summed E-state index contributed by atoms with van der Waals surface area (Å²) in [6, 6.07) is 11.8. The van der Waals surface area contributed by atoms with Gasteiger partial charge in [-0.3, -0.25) is 9.69 Å². The molecule has 122 valence electrons. The average molecular weight is 329 g/mol. The van der Waals surface area contributed by atoms with E-state index in [-0.39, 0.29) is 11.9 Å². The summed E-state index contributed by atoms with van der Waals surface area (Å²) in [5.74, 6) is -0.0000397. The van der Waals surface area contributed by atoms with E-state index in [1.807, 2.05) is 30.3 Å². The molecule has 1 aromatic carbocycles. The molecule has 2 aromatic rings.